The van der Waals surface area contributed by atoms with E-state index < -0.39 is 6.23 Å². The van der Waals surface area contributed by atoms with Gasteiger partial charge in [-0.05, 0) is 23.3 Å². The van der Waals surface area contributed by atoms with E-state index >= 15 is 0 Å². The van der Waals surface area contributed by atoms with Gasteiger partial charge in [-0.1, -0.05) is 54.6 Å². The monoisotopic (exact) mass is 332 g/mol. The third kappa shape index (κ3) is 2.92. The molecule has 0 N–H and O–H groups in total. The number of carbonyl (C=O) groups excluding carboxylic acids is 1. The second-order valence-electron chi connectivity index (χ2n) is 5.70. The second kappa shape index (κ2) is 6.28. The maximum atomic E-state index is 11.9. The predicted octanol–water partition coefficient (Wildman–Crippen LogP) is 4.19. The van der Waals surface area contributed by atoms with Gasteiger partial charge in [0.1, 0.15) is 0 Å². The number of furan rings is 1. The first-order chi connectivity index (χ1) is 12.2. The van der Waals surface area contributed by atoms with Crippen molar-refractivity contribution in [1.82, 2.24) is 5.01 Å². The van der Waals surface area contributed by atoms with Gasteiger partial charge in [-0.2, -0.15) is 5.01 Å². The first-order valence-electron chi connectivity index (χ1n) is 7.97. The van der Waals surface area contributed by atoms with Crippen LogP contribution >= 0.6 is 0 Å². The molecule has 1 amide bonds. The van der Waals surface area contributed by atoms with E-state index in [0.29, 0.717) is 11.7 Å². The molecule has 0 aliphatic carbocycles. The van der Waals surface area contributed by atoms with Gasteiger partial charge in [0, 0.05) is 12.5 Å². The topological polar surface area (TPSA) is 55.0 Å². The molecule has 0 spiro atoms. The Bertz CT molecular complexity index is 900. The molecular weight excluding hydrogens is 316 g/mol. The molecule has 4 rings (SSSR count). The SMILES string of the molecule is CC(=O)N1N=C(c2ccco2)O[C@H]1c1ccc(-c2ccccc2)cc1. The molecule has 1 aliphatic rings. The molecule has 3 aromatic rings. The number of rotatable bonds is 3. The lowest BCUT2D eigenvalue weighted by Crippen LogP contribution is -2.25. The van der Waals surface area contributed by atoms with Crippen molar-refractivity contribution in [1.29, 1.82) is 0 Å². The van der Waals surface area contributed by atoms with Gasteiger partial charge in [-0.3, -0.25) is 4.79 Å². The molecular formula is C20H16N2O3. The molecule has 0 fully saturated rings. The molecule has 0 unspecified atom stereocenters. The fourth-order valence-corrected chi connectivity index (χ4v) is 2.75. The standard InChI is InChI=1S/C20H16N2O3/c1-14(23)22-20(25-19(21-22)18-8-5-13-24-18)17-11-9-16(10-12-17)15-6-3-2-4-7-15/h2-13,20H,1H3/t20-/m0/s1. The first-order valence-corrected chi connectivity index (χ1v) is 7.97. The third-order valence-electron chi connectivity index (χ3n) is 4.00. The molecule has 0 bridgehead atoms. The number of carbonyl (C=O) groups is 1. The van der Waals surface area contributed by atoms with Gasteiger partial charge in [0.15, 0.2) is 5.76 Å². The Labute approximate surface area is 145 Å². The summed E-state index contributed by atoms with van der Waals surface area (Å²) >= 11 is 0. The molecule has 1 atom stereocenters. The van der Waals surface area contributed by atoms with E-state index in [9.17, 15) is 4.79 Å². The molecule has 25 heavy (non-hydrogen) atoms. The van der Waals surface area contributed by atoms with Crippen LogP contribution in [-0.2, 0) is 9.53 Å². The Morgan fingerprint density at radius 1 is 0.960 bits per heavy atom. The van der Waals surface area contributed by atoms with Crippen LogP contribution in [0.25, 0.3) is 11.1 Å². The minimum Gasteiger partial charge on any atom is -0.459 e. The van der Waals surface area contributed by atoms with Crippen LogP contribution in [0.15, 0.2) is 82.5 Å². The van der Waals surface area contributed by atoms with Crippen LogP contribution in [0.4, 0.5) is 0 Å². The van der Waals surface area contributed by atoms with Crippen LogP contribution in [0.5, 0.6) is 0 Å². The van der Waals surface area contributed by atoms with E-state index in [-0.39, 0.29) is 5.91 Å². The lowest BCUT2D eigenvalue weighted by Gasteiger charge is -2.19. The van der Waals surface area contributed by atoms with Gasteiger partial charge in [-0.25, -0.2) is 0 Å². The summed E-state index contributed by atoms with van der Waals surface area (Å²) in [5.74, 6) is 0.602. The van der Waals surface area contributed by atoms with Crippen LogP contribution in [0.1, 0.15) is 24.5 Å². The van der Waals surface area contributed by atoms with E-state index in [0.717, 1.165) is 16.7 Å². The summed E-state index contributed by atoms with van der Waals surface area (Å²) < 4.78 is 11.2. The molecule has 0 saturated heterocycles. The van der Waals surface area contributed by atoms with Gasteiger partial charge in [0.25, 0.3) is 5.90 Å². The lowest BCUT2D eigenvalue weighted by molar-refractivity contribution is -0.135. The molecule has 2 aromatic carbocycles. The van der Waals surface area contributed by atoms with E-state index in [1.807, 2.05) is 42.5 Å². The summed E-state index contributed by atoms with van der Waals surface area (Å²) in [4.78, 5) is 11.9. The second-order valence-corrected chi connectivity index (χ2v) is 5.70. The number of nitrogens with zero attached hydrogens (tertiary/aromatic N) is 2. The van der Waals surface area contributed by atoms with Crippen LogP contribution in [0.3, 0.4) is 0 Å². The quantitative estimate of drug-likeness (QED) is 0.723. The molecule has 1 aromatic heterocycles. The Hall–Kier alpha value is -3.34. The average Bonchev–Trinajstić information content (AvgIpc) is 3.32. The molecule has 0 saturated carbocycles. The van der Waals surface area contributed by atoms with Crippen molar-refractivity contribution in [3.05, 3.63) is 84.3 Å². The van der Waals surface area contributed by atoms with Gasteiger partial charge in [-0.15, -0.1) is 5.10 Å². The van der Waals surface area contributed by atoms with Crippen LogP contribution in [0.2, 0.25) is 0 Å². The zero-order valence-corrected chi connectivity index (χ0v) is 13.6. The highest BCUT2D eigenvalue weighted by molar-refractivity contribution is 5.93. The number of ether oxygens (including phenoxy) is 1. The van der Waals surface area contributed by atoms with Crippen molar-refractivity contribution in [2.75, 3.05) is 0 Å². The van der Waals surface area contributed by atoms with Crippen molar-refractivity contribution in [2.45, 2.75) is 13.2 Å². The zero-order valence-electron chi connectivity index (χ0n) is 13.6. The van der Waals surface area contributed by atoms with Crippen LogP contribution < -0.4 is 0 Å². The number of benzene rings is 2. The third-order valence-corrected chi connectivity index (χ3v) is 4.00. The fourth-order valence-electron chi connectivity index (χ4n) is 2.75. The number of hydrogen-bond acceptors (Lipinski definition) is 4. The maximum Gasteiger partial charge on any atom is 0.277 e. The Balaban J connectivity index is 1.62. The Morgan fingerprint density at radius 2 is 1.68 bits per heavy atom. The zero-order chi connectivity index (χ0) is 17.2. The molecule has 0 radical (unpaired) electrons. The normalized spacial score (nSPS) is 16.4. The van der Waals surface area contributed by atoms with Crippen LogP contribution in [-0.4, -0.2) is 16.8 Å². The van der Waals surface area contributed by atoms with E-state index in [1.165, 1.54) is 11.9 Å². The Kier molecular flexibility index (Phi) is 3.82. The molecule has 5 nitrogen and oxygen atoms in total. The summed E-state index contributed by atoms with van der Waals surface area (Å²) in [6, 6.07) is 21.5. The molecule has 1 aliphatic heterocycles. The summed E-state index contributed by atoms with van der Waals surface area (Å²) in [6.07, 6.45) is 0.948. The van der Waals surface area contributed by atoms with Crippen molar-refractivity contribution >= 4 is 11.8 Å². The highest BCUT2D eigenvalue weighted by Crippen LogP contribution is 2.31. The smallest absolute Gasteiger partial charge is 0.277 e. The van der Waals surface area contributed by atoms with Crippen molar-refractivity contribution in [3.63, 3.8) is 0 Å². The maximum absolute atomic E-state index is 11.9. The number of hydrazone groups is 1. The van der Waals surface area contributed by atoms with Crippen LogP contribution in [0, 0.1) is 0 Å². The number of amides is 1. The summed E-state index contributed by atoms with van der Waals surface area (Å²) in [6.45, 7) is 1.46. The first kappa shape index (κ1) is 15.2. The van der Waals surface area contributed by atoms with Gasteiger partial charge in [0.05, 0.1) is 6.26 Å². The van der Waals surface area contributed by atoms with Crippen molar-refractivity contribution in [3.8, 4) is 11.1 Å². The van der Waals surface area contributed by atoms with E-state index in [2.05, 4.69) is 17.2 Å². The minimum absolute atomic E-state index is 0.196. The number of hydrogen-bond donors (Lipinski definition) is 0. The summed E-state index contributed by atoms with van der Waals surface area (Å²) in [5, 5.41) is 5.58. The highest BCUT2D eigenvalue weighted by atomic mass is 16.5. The van der Waals surface area contributed by atoms with Gasteiger partial charge < -0.3 is 9.15 Å². The lowest BCUT2D eigenvalue weighted by atomic mass is 10.0. The van der Waals surface area contributed by atoms with Gasteiger partial charge >= 0.3 is 0 Å². The summed E-state index contributed by atoms with van der Waals surface area (Å²) in [5.41, 5.74) is 3.08. The molecule has 5 heteroatoms. The van der Waals surface area contributed by atoms with Gasteiger partial charge in [0.2, 0.25) is 12.1 Å². The van der Waals surface area contributed by atoms with Crippen molar-refractivity contribution in [2.24, 2.45) is 5.10 Å². The fraction of sp³-hybridized carbons (Fsp3) is 0.100. The molecule has 124 valence electrons. The predicted molar refractivity (Wildman–Crippen MR) is 93.5 cm³/mol. The average molecular weight is 332 g/mol. The van der Waals surface area contributed by atoms with E-state index in [4.69, 9.17) is 9.15 Å². The highest BCUT2D eigenvalue weighted by Gasteiger charge is 2.34. The van der Waals surface area contributed by atoms with E-state index in [1.54, 1.807) is 18.4 Å². The summed E-state index contributed by atoms with van der Waals surface area (Å²) in [7, 11) is 0. The molecule has 2 heterocycles. The Morgan fingerprint density at radius 3 is 2.32 bits per heavy atom. The minimum atomic E-state index is -0.595. The largest absolute Gasteiger partial charge is 0.459 e. The van der Waals surface area contributed by atoms with Crippen molar-refractivity contribution < 1.29 is 13.9 Å².